The largest absolute Gasteiger partial charge is 0.334 e. The van der Waals surface area contributed by atoms with Gasteiger partial charge < -0.3 is 10.2 Å². The average Bonchev–Trinajstić information content (AvgIpc) is 2.96. The van der Waals surface area contributed by atoms with Crippen LogP contribution in [0.1, 0.15) is 62.5 Å². The Hall–Kier alpha value is -1.36. The quantitative estimate of drug-likeness (QED) is 0.913. The molecule has 1 N–H and O–H groups in total. The summed E-state index contributed by atoms with van der Waals surface area (Å²) in [7, 11) is 0. The summed E-state index contributed by atoms with van der Waals surface area (Å²) in [6.45, 7) is 7.31. The maximum atomic E-state index is 12.8. The molecular formula is C17H28N4O. The molecule has 2 aliphatic heterocycles. The van der Waals surface area contributed by atoms with Crippen molar-refractivity contribution in [3.05, 3.63) is 18.0 Å². The maximum Gasteiger partial charge on any atom is 0.274 e. The molecule has 5 heteroatoms. The van der Waals surface area contributed by atoms with Crippen molar-refractivity contribution in [2.75, 3.05) is 19.6 Å². The molecule has 5 nitrogen and oxygen atoms in total. The van der Waals surface area contributed by atoms with Crippen molar-refractivity contribution in [1.29, 1.82) is 0 Å². The highest BCUT2D eigenvalue weighted by molar-refractivity contribution is 5.92. The molecule has 3 rings (SSSR count). The molecular weight excluding hydrogens is 276 g/mol. The first-order chi connectivity index (χ1) is 10.6. The lowest BCUT2D eigenvalue weighted by Gasteiger charge is -2.28. The molecule has 122 valence electrons. The molecule has 1 aromatic heterocycles. The molecule has 3 heterocycles. The van der Waals surface area contributed by atoms with Gasteiger partial charge in [-0.2, -0.15) is 5.10 Å². The molecule has 22 heavy (non-hydrogen) atoms. The molecule has 3 unspecified atom stereocenters. The van der Waals surface area contributed by atoms with Gasteiger partial charge in [0.15, 0.2) is 0 Å². The van der Waals surface area contributed by atoms with E-state index in [2.05, 4.69) is 24.3 Å². The molecule has 2 fully saturated rings. The van der Waals surface area contributed by atoms with E-state index < -0.39 is 0 Å². The Bertz CT molecular complexity index is 507. The standard InChI is InChI=1S/C17H28N4O/c1-13-5-3-6-14(2)20(12-13)17(22)16-8-10-21(19-16)15-7-4-9-18-11-15/h8,10,13-15,18H,3-7,9,11-12H2,1-2H3. The topological polar surface area (TPSA) is 50.2 Å². The van der Waals surface area contributed by atoms with Gasteiger partial charge in [0, 0.05) is 25.3 Å². The maximum absolute atomic E-state index is 12.8. The van der Waals surface area contributed by atoms with Crippen LogP contribution in [0, 0.1) is 5.92 Å². The van der Waals surface area contributed by atoms with Crippen molar-refractivity contribution in [1.82, 2.24) is 20.0 Å². The molecule has 1 amide bonds. The summed E-state index contributed by atoms with van der Waals surface area (Å²) < 4.78 is 1.98. The highest BCUT2D eigenvalue weighted by Crippen LogP contribution is 2.23. The fraction of sp³-hybridized carbons (Fsp3) is 0.765. The van der Waals surface area contributed by atoms with Crippen LogP contribution in [-0.4, -0.2) is 46.3 Å². The number of carbonyl (C=O) groups is 1. The predicted molar refractivity (Wildman–Crippen MR) is 86.9 cm³/mol. The van der Waals surface area contributed by atoms with Crippen molar-refractivity contribution in [3.8, 4) is 0 Å². The zero-order valence-electron chi connectivity index (χ0n) is 13.8. The number of likely N-dealkylation sites (tertiary alicyclic amines) is 1. The van der Waals surface area contributed by atoms with Crippen molar-refractivity contribution in [2.24, 2.45) is 5.92 Å². The van der Waals surface area contributed by atoms with Crippen molar-refractivity contribution >= 4 is 5.91 Å². The summed E-state index contributed by atoms with van der Waals surface area (Å²) in [6.07, 6.45) is 7.82. The second-order valence-corrected chi connectivity index (χ2v) is 7.02. The van der Waals surface area contributed by atoms with Crippen LogP contribution in [0.4, 0.5) is 0 Å². The summed E-state index contributed by atoms with van der Waals surface area (Å²) in [4.78, 5) is 14.9. The minimum absolute atomic E-state index is 0.101. The zero-order valence-corrected chi connectivity index (χ0v) is 13.8. The smallest absolute Gasteiger partial charge is 0.274 e. The lowest BCUT2D eigenvalue weighted by molar-refractivity contribution is 0.0670. The Labute approximate surface area is 133 Å². The molecule has 0 bridgehead atoms. The first kappa shape index (κ1) is 15.5. The Balaban J connectivity index is 1.72. The number of carbonyl (C=O) groups excluding carboxylic acids is 1. The third kappa shape index (κ3) is 3.35. The van der Waals surface area contributed by atoms with Crippen LogP contribution in [0.25, 0.3) is 0 Å². The molecule has 3 atom stereocenters. The van der Waals surface area contributed by atoms with E-state index in [9.17, 15) is 4.79 Å². The van der Waals surface area contributed by atoms with E-state index in [0.717, 1.165) is 32.5 Å². The number of nitrogens with zero attached hydrogens (tertiary/aromatic N) is 3. The molecule has 0 spiro atoms. The van der Waals surface area contributed by atoms with E-state index in [1.165, 1.54) is 19.3 Å². The normalized spacial score (nSPS) is 30.1. The predicted octanol–water partition coefficient (Wildman–Crippen LogP) is 2.46. The van der Waals surface area contributed by atoms with Crippen molar-refractivity contribution in [2.45, 2.75) is 58.0 Å². The Morgan fingerprint density at radius 1 is 1.27 bits per heavy atom. The highest BCUT2D eigenvalue weighted by atomic mass is 16.2. The van der Waals surface area contributed by atoms with Gasteiger partial charge >= 0.3 is 0 Å². The number of amides is 1. The monoisotopic (exact) mass is 304 g/mol. The molecule has 0 aliphatic carbocycles. The SMILES string of the molecule is CC1CCCC(C)N(C(=O)c2ccn(C3CCCNC3)n2)C1. The number of piperidine rings is 1. The summed E-state index contributed by atoms with van der Waals surface area (Å²) in [5.74, 6) is 0.683. The Morgan fingerprint density at radius 3 is 2.91 bits per heavy atom. The average molecular weight is 304 g/mol. The van der Waals surface area contributed by atoms with E-state index in [4.69, 9.17) is 0 Å². The van der Waals surface area contributed by atoms with Gasteiger partial charge in [0.2, 0.25) is 0 Å². The van der Waals surface area contributed by atoms with Crippen LogP contribution in [0.15, 0.2) is 12.3 Å². The Kier molecular flexibility index (Phi) is 4.81. The third-order valence-corrected chi connectivity index (χ3v) is 5.09. The Morgan fingerprint density at radius 2 is 2.14 bits per heavy atom. The second kappa shape index (κ2) is 6.82. The van der Waals surface area contributed by atoms with E-state index >= 15 is 0 Å². The van der Waals surface area contributed by atoms with Gasteiger partial charge in [-0.3, -0.25) is 9.48 Å². The first-order valence-electron chi connectivity index (χ1n) is 8.72. The van der Waals surface area contributed by atoms with E-state index in [-0.39, 0.29) is 5.91 Å². The summed E-state index contributed by atoms with van der Waals surface area (Å²) in [6, 6.07) is 2.59. The fourth-order valence-corrected chi connectivity index (χ4v) is 3.67. The fourth-order valence-electron chi connectivity index (χ4n) is 3.67. The minimum Gasteiger partial charge on any atom is -0.334 e. The molecule has 0 radical (unpaired) electrons. The number of rotatable bonds is 2. The molecule has 1 aromatic rings. The van der Waals surface area contributed by atoms with Crippen LogP contribution in [0.5, 0.6) is 0 Å². The lowest BCUT2D eigenvalue weighted by atomic mass is 10.1. The summed E-state index contributed by atoms with van der Waals surface area (Å²) >= 11 is 0. The molecule has 0 aromatic carbocycles. The van der Waals surface area contributed by atoms with Crippen molar-refractivity contribution < 1.29 is 4.79 Å². The van der Waals surface area contributed by atoms with Gasteiger partial charge in [-0.05, 0) is 51.1 Å². The molecule has 0 saturated carbocycles. The van der Waals surface area contributed by atoms with Crippen LogP contribution in [-0.2, 0) is 0 Å². The lowest BCUT2D eigenvalue weighted by Crippen LogP contribution is -2.40. The first-order valence-corrected chi connectivity index (χ1v) is 8.72. The van der Waals surface area contributed by atoms with Gasteiger partial charge in [0.25, 0.3) is 5.91 Å². The summed E-state index contributed by atoms with van der Waals surface area (Å²) in [5, 5.41) is 7.98. The van der Waals surface area contributed by atoms with Gasteiger partial charge in [-0.1, -0.05) is 13.3 Å². The molecule has 2 aliphatic rings. The number of hydrogen-bond donors (Lipinski definition) is 1. The second-order valence-electron chi connectivity index (χ2n) is 7.02. The number of aromatic nitrogens is 2. The van der Waals surface area contributed by atoms with E-state index in [0.29, 0.717) is 23.7 Å². The van der Waals surface area contributed by atoms with Crippen molar-refractivity contribution in [3.63, 3.8) is 0 Å². The zero-order chi connectivity index (χ0) is 15.5. The van der Waals surface area contributed by atoms with Gasteiger partial charge in [-0.15, -0.1) is 0 Å². The third-order valence-electron chi connectivity index (χ3n) is 5.09. The highest BCUT2D eigenvalue weighted by Gasteiger charge is 2.27. The molecule has 2 saturated heterocycles. The van der Waals surface area contributed by atoms with Gasteiger partial charge in [-0.25, -0.2) is 0 Å². The number of nitrogens with one attached hydrogen (secondary N) is 1. The van der Waals surface area contributed by atoms with Crippen LogP contribution < -0.4 is 5.32 Å². The van der Waals surface area contributed by atoms with E-state index in [1.807, 2.05) is 21.8 Å². The van der Waals surface area contributed by atoms with Crippen LogP contribution in [0.2, 0.25) is 0 Å². The van der Waals surface area contributed by atoms with Gasteiger partial charge in [0.05, 0.1) is 6.04 Å². The van der Waals surface area contributed by atoms with Gasteiger partial charge in [0.1, 0.15) is 5.69 Å². The summed E-state index contributed by atoms with van der Waals surface area (Å²) in [5.41, 5.74) is 0.603. The van der Waals surface area contributed by atoms with E-state index in [1.54, 1.807) is 0 Å². The van der Waals surface area contributed by atoms with Crippen LogP contribution in [0.3, 0.4) is 0 Å². The number of hydrogen-bond acceptors (Lipinski definition) is 3. The minimum atomic E-state index is 0.101. The van der Waals surface area contributed by atoms with Crippen LogP contribution >= 0.6 is 0 Å².